The number of methoxy groups -OCH3 is 1. The molecule has 1 fully saturated rings. The second kappa shape index (κ2) is 6.62. The minimum absolute atomic E-state index is 0.206. The number of amides is 1. The monoisotopic (exact) mass is 327 g/mol. The molecule has 22 heavy (non-hydrogen) atoms. The normalized spacial score (nSPS) is 19.7. The molecule has 0 aromatic carbocycles. The summed E-state index contributed by atoms with van der Waals surface area (Å²) in [5.74, 6) is -0.0296. The Morgan fingerprint density at radius 1 is 1.45 bits per heavy atom. The van der Waals surface area contributed by atoms with E-state index in [0.29, 0.717) is 18.7 Å². The lowest BCUT2D eigenvalue weighted by molar-refractivity contribution is 0.0917. The van der Waals surface area contributed by atoms with Gasteiger partial charge in [-0.05, 0) is 31.9 Å². The number of nitrogens with one attached hydrogen (secondary N) is 1. The highest BCUT2D eigenvalue weighted by Gasteiger charge is 2.27. The summed E-state index contributed by atoms with van der Waals surface area (Å²) in [6.07, 6.45) is 2.66. The van der Waals surface area contributed by atoms with Crippen molar-refractivity contribution in [3.05, 3.63) is 23.4 Å². The van der Waals surface area contributed by atoms with Crippen LogP contribution in [0.5, 0.6) is 5.88 Å². The number of ether oxygens (including phenoxy) is 1. The number of hydrogen-bond donors (Lipinski definition) is 1. The Morgan fingerprint density at radius 3 is 2.82 bits per heavy atom. The zero-order valence-corrected chi connectivity index (χ0v) is 13.8. The van der Waals surface area contributed by atoms with Gasteiger partial charge < -0.3 is 10.1 Å². The zero-order chi connectivity index (χ0) is 16.3. The molecular weight excluding hydrogens is 306 g/mol. The number of carbonyl (C=O) groups is 1. The highest BCUT2D eigenvalue weighted by molar-refractivity contribution is 7.88. The molecule has 0 saturated carbocycles. The molecule has 1 N–H and O–H groups in total. The van der Waals surface area contributed by atoms with Crippen LogP contribution in [0.25, 0.3) is 0 Å². The summed E-state index contributed by atoms with van der Waals surface area (Å²) in [4.78, 5) is 16.5. The van der Waals surface area contributed by atoms with Gasteiger partial charge in [-0.2, -0.15) is 0 Å². The van der Waals surface area contributed by atoms with Crippen molar-refractivity contribution in [2.45, 2.75) is 25.8 Å². The third-order valence-electron chi connectivity index (χ3n) is 3.63. The predicted molar refractivity (Wildman–Crippen MR) is 82.4 cm³/mol. The van der Waals surface area contributed by atoms with Crippen molar-refractivity contribution in [2.75, 3.05) is 26.5 Å². The molecule has 122 valence electrons. The van der Waals surface area contributed by atoms with Crippen LogP contribution in [-0.4, -0.2) is 56.1 Å². The summed E-state index contributed by atoms with van der Waals surface area (Å²) in [5.41, 5.74) is 1.11. The van der Waals surface area contributed by atoms with E-state index in [1.807, 2.05) is 6.92 Å². The average Bonchev–Trinajstić information content (AvgIpc) is 2.46. The lowest BCUT2D eigenvalue weighted by atomic mass is 10.1. The largest absolute Gasteiger partial charge is 0.480 e. The van der Waals surface area contributed by atoms with Crippen molar-refractivity contribution >= 4 is 15.9 Å². The molecule has 2 heterocycles. The van der Waals surface area contributed by atoms with E-state index in [9.17, 15) is 13.2 Å². The maximum absolute atomic E-state index is 12.4. The Balaban J connectivity index is 2.09. The number of hydrogen-bond acceptors (Lipinski definition) is 5. The second-order valence-electron chi connectivity index (χ2n) is 5.44. The maximum atomic E-state index is 12.4. The van der Waals surface area contributed by atoms with E-state index in [1.54, 1.807) is 12.1 Å². The highest BCUT2D eigenvalue weighted by atomic mass is 32.2. The van der Waals surface area contributed by atoms with Gasteiger partial charge >= 0.3 is 0 Å². The van der Waals surface area contributed by atoms with Crippen LogP contribution in [0.15, 0.2) is 12.1 Å². The minimum atomic E-state index is -3.23. The molecule has 0 spiro atoms. The van der Waals surface area contributed by atoms with Gasteiger partial charge in [-0.1, -0.05) is 0 Å². The second-order valence-corrected chi connectivity index (χ2v) is 7.43. The summed E-state index contributed by atoms with van der Waals surface area (Å²) in [7, 11) is -1.77. The van der Waals surface area contributed by atoms with Gasteiger partial charge in [-0.3, -0.25) is 4.79 Å². The van der Waals surface area contributed by atoms with E-state index in [0.717, 1.165) is 18.5 Å². The van der Waals surface area contributed by atoms with Crippen LogP contribution in [0.4, 0.5) is 0 Å². The summed E-state index contributed by atoms with van der Waals surface area (Å²) < 4.78 is 29.7. The fraction of sp³-hybridized carbons (Fsp3) is 0.571. The Kier molecular flexibility index (Phi) is 5.02. The van der Waals surface area contributed by atoms with Crippen LogP contribution in [0.3, 0.4) is 0 Å². The molecule has 0 radical (unpaired) electrons. The van der Waals surface area contributed by atoms with E-state index >= 15 is 0 Å². The molecule has 1 unspecified atom stereocenters. The fourth-order valence-electron chi connectivity index (χ4n) is 2.49. The molecule has 0 bridgehead atoms. The summed E-state index contributed by atoms with van der Waals surface area (Å²) >= 11 is 0. The first-order valence-electron chi connectivity index (χ1n) is 7.09. The number of nitrogens with zero attached hydrogens (tertiary/aromatic N) is 2. The lowest BCUT2D eigenvalue weighted by Crippen LogP contribution is -2.49. The summed E-state index contributed by atoms with van der Waals surface area (Å²) in [6.45, 7) is 2.61. The smallest absolute Gasteiger partial charge is 0.257 e. The molecule has 1 atom stereocenters. The van der Waals surface area contributed by atoms with E-state index < -0.39 is 10.0 Å². The molecular formula is C14H21N3O4S. The third kappa shape index (κ3) is 3.95. The molecule has 1 aliphatic rings. The molecule has 7 nitrogen and oxygen atoms in total. The SMILES string of the molecule is COc1nc(C)ccc1C(=O)NC1CCCN(S(C)(=O)=O)C1. The van der Waals surface area contributed by atoms with E-state index in [2.05, 4.69) is 10.3 Å². The molecule has 1 aromatic heterocycles. The number of aromatic nitrogens is 1. The van der Waals surface area contributed by atoms with Crippen LogP contribution < -0.4 is 10.1 Å². The van der Waals surface area contributed by atoms with Crippen molar-refractivity contribution in [1.82, 2.24) is 14.6 Å². The first-order chi connectivity index (χ1) is 10.3. The van der Waals surface area contributed by atoms with Gasteiger partial charge in [0, 0.05) is 24.8 Å². The van der Waals surface area contributed by atoms with Gasteiger partial charge in [-0.25, -0.2) is 17.7 Å². The standard InChI is InChI=1S/C14H21N3O4S/c1-10-6-7-12(14(15-10)21-2)13(18)16-11-5-4-8-17(9-11)22(3,19)20/h6-7,11H,4-5,8-9H2,1-3H3,(H,16,18). The first-order valence-corrected chi connectivity index (χ1v) is 8.93. The highest BCUT2D eigenvalue weighted by Crippen LogP contribution is 2.18. The average molecular weight is 327 g/mol. The van der Waals surface area contributed by atoms with Gasteiger partial charge in [0.2, 0.25) is 15.9 Å². The third-order valence-corrected chi connectivity index (χ3v) is 4.90. The number of piperidine rings is 1. The molecule has 0 aliphatic carbocycles. The Labute approximate surface area is 130 Å². The quantitative estimate of drug-likeness (QED) is 0.872. The Morgan fingerprint density at radius 2 is 2.18 bits per heavy atom. The number of rotatable bonds is 4. The van der Waals surface area contributed by atoms with E-state index in [4.69, 9.17) is 4.74 Å². The zero-order valence-electron chi connectivity index (χ0n) is 13.0. The number of pyridine rings is 1. The Hall–Kier alpha value is -1.67. The molecule has 2 rings (SSSR count). The van der Waals surface area contributed by atoms with Crippen molar-refractivity contribution in [3.63, 3.8) is 0 Å². The number of aryl methyl sites for hydroxylation is 1. The molecule has 8 heteroatoms. The molecule has 1 amide bonds. The van der Waals surface area contributed by atoms with Gasteiger partial charge in [-0.15, -0.1) is 0 Å². The number of sulfonamides is 1. The first kappa shape index (κ1) is 16.7. The minimum Gasteiger partial charge on any atom is -0.480 e. The summed E-state index contributed by atoms with van der Waals surface area (Å²) in [5, 5.41) is 2.87. The van der Waals surface area contributed by atoms with Gasteiger partial charge in [0.25, 0.3) is 5.91 Å². The fourth-order valence-corrected chi connectivity index (χ4v) is 3.40. The topological polar surface area (TPSA) is 88.6 Å². The van der Waals surface area contributed by atoms with E-state index in [1.165, 1.54) is 17.7 Å². The van der Waals surface area contributed by atoms with Crippen molar-refractivity contribution in [1.29, 1.82) is 0 Å². The van der Waals surface area contributed by atoms with E-state index in [-0.39, 0.29) is 17.8 Å². The predicted octanol–water partition coefficient (Wildman–Crippen LogP) is 0.552. The summed E-state index contributed by atoms with van der Waals surface area (Å²) in [6, 6.07) is 3.19. The van der Waals surface area contributed by atoms with Crippen LogP contribution in [0.1, 0.15) is 28.9 Å². The van der Waals surface area contributed by atoms with Gasteiger partial charge in [0.1, 0.15) is 5.56 Å². The lowest BCUT2D eigenvalue weighted by Gasteiger charge is -2.31. The molecule has 1 aliphatic heterocycles. The van der Waals surface area contributed by atoms with Crippen LogP contribution in [0, 0.1) is 6.92 Å². The molecule has 1 aromatic rings. The number of carbonyl (C=O) groups excluding carboxylic acids is 1. The van der Waals surface area contributed by atoms with Crippen molar-refractivity contribution in [2.24, 2.45) is 0 Å². The van der Waals surface area contributed by atoms with Crippen LogP contribution in [-0.2, 0) is 10.0 Å². The molecule has 1 saturated heterocycles. The Bertz CT molecular complexity index is 660. The van der Waals surface area contributed by atoms with Crippen LogP contribution in [0.2, 0.25) is 0 Å². The maximum Gasteiger partial charge on any atom is 0.257 e. The van der Waals surface area contributed by atoms with Crippen molar-refractivity contribution < 1.29 is 17.9 Å². The van der Waals surface area contributed by atoms with Crippen molar-refractivity contribution in [3.8, 4) is 5.88 Å². The van der Waals surface area contributed by atoms with Gasteiger partial charge in [0.05, 0.1) is 13.4 Å². The van der Waals surface area contributed by atoms with Gasteiger partial charge in [0.15, 0.2) is 0 Å². The van der Waals surface area contributed by atoms with Crippen LogP contribution >= 0.6 is 0 Å².